The van der Waals surface area contributed by atoms with E-state index in [0.717, 1.165) is 22.5 Å². The number of carbonyl (C=O) groups excluding carboxylic acids is 1. The molecule has 5 heteroatoms. The Labute approximate surface area is 123 Å². The van der Waals surface area contributed by atoms with Crippen molar-refractivity contribution in [3.8, 4) is 0 Å². The summed E-state index contributed by atoms with van der Waals surface area (Å²) in [6.45, 7) is 8.06. The molecule has 4 nitrogen and oxygen atoms in total. The van der Waals surface area contributed by atoms with Crippen LogP contribution in [0.2, 0.25) is 0 Å². The van der Waals surface area contributed by atoms with Crippen molar-refractivity contribution in [3.63, 3.8) is 0 Å². The molecule has 0 unspecified atom stereocenters. The minimum atomic E-state index is -0.362. The fraction of sp³-hybridized carbons (Fsp3) is 0.400. The van der Waals surface area contributed by atoms with Crippen molar-refractivity contribution in [2.24, 2.45) is 9.98 Å². The van der Waals surface area contributed by atoms with Crippen LogP contribution in [0.25, 0.3) is 0 Å². The molecule has 2 rings (SSSR count). The molecule has 0 aromatic heterocycles. The van der Waals surface area contributed by atoms with Gasteiger partial charge in [0.25, 0.3) is 0 Å². The molecule has 106 valence electrons. The lowest BCUT2D eigenvalue weighted by atomic mass is 10.1. The maximum atomic E-state index is 11.8. The SMILES string of the molecule is CCOC(=O)[C@@H]1SC(=Nc2cc(C)ccc2C)N=C1C. The van der Waals surface area contributed by atoms with Crippen LogP contribution in [0.3, 0.4) is 0 Å². The maximum absolute atomic E-state index is 11.8. The smallest absolute Gasteiger partial charge is 0.325 e. The van der Waals surface area contributed by atoms with Gasteiger partial charge in [0.2, 0.25) is 0 Å². The first-order valence-electron chi connectivity index (χ1n) is 6.55. The molecule has 0 spiro atoms. The summed E-state index contributed by atoms with van der Waals surface area (Å²) in [5.41, 5.74) is 3.89. The number of esters is 1. The van der Waals surface area contributed by atoms with Crippen molar-refractivity contribution in [1.29, 1.82) is 0 Å². The van der Waals surface area contributed by atoms with Crippen LogP contribution in [-0.2, 0) is 9.53 Å². The van der Waals surface area contributed by atoms with E-state index in [9.17, 15) is 4.79 Å². The quantitative estimate of drug-likeness (QED) is 0.801. The van der Waals surface area contributed by atoms with E-state index in [1.807, 2.05) is 32.9 Å². The van der Waals surface area contributed by atoms with Crippen LogP contribution in [0.5, 0.6) is 0 Å². The van der Waals surface area contributed by atoms with E-state index in [-0.39, 0.29) is 11.2 Å². The van der Waals surface area contributed by atoms with Crippen LogP contribution in [0, 0.1) is 13.8 Å². The first kappa shape index (κ1) is 14.8. The second kappa shape index (κ2) is 6.22. The van der Waals surface area contributed by atoms with Crippen LogP contribution < -0.4 is 0 Å². The third-order valence-electron chi connectivity index (χ3n) is 2.96. The van der Waals surface area contributed by atoms with Gasteiger partial charge in [-0.15, -0.1) is 0 Å². The molecule has 0 saturated carbocycles. The molecule has 1 aliphatic heterocycles. The highest BCUT2D eigenvalue weighted by atomic mass is 32.2. The third-order valence-corrected chi connectivity index (χ3v) is 4.12. The van der Waals surface area contributed by atoms with Gasteiger partial charge in [0, 0.05) is 5.71 Å². The summed E-state index contributed by atoms with van der Waals surface area (Å²) in [6, 6.07) is 6.11. The summed E-state index contributed by atoms with van der Waals surface area (Å²) in [6.07, 6.45) is 0. The Hall–Kier alpha value is -1.62. The number of aryl methyl sites for hydroxylation is 2. The summed E-state index contributed by atoms with van der Waals surface area (Å²) >= 11 is 1.35. The predicted molar refractivity (Wildman–Crippen MR) is 84.1 cm³/mol. The highest BCUT2D eigenvalue weighted by Crippen LogP contribution is 2.29. The number of carbonyl (C=O) groups is 1. The molecule has 1 aromatic rings. The average molecular weight is 290 g/mol. The lowest BCUT2D eigenvalue weighted by molar-refractivity contribution is -0.141. The van der Waals surface area contributed by atoms with Crippen LogP contribution >= 0.6 is 11.8 Å². The van der Waals surface area contributed by atoms with Gasteiger partial charge >= 0.3 is 5.97 Å². The molecule has 0 saturated heterocycles. The lowest BCUT2D eigenvalue weighted by Crippen LogP contribution is -2.24. The molecule has 0 aliphatic carbocycles. The van der Waals surface area contributed by atoms with Crippen LogP contribution in [-0.4, -0.2) is 28.7 Å². The number of aliphatic imine (C=N–C) groups is 2. The van der Waals surface area contributed by atoms with Crippen molar-refractivity contribution >= 4 is 34.3 Å². The zero-order valence-electron chi connectivity index (χ0n) is 12.1. The van der Waals surface area contributed by atoms with Crippen molar-refractivity contribution in [2.45, 2.75) is 32.9 Å². The molecule has 1 aliphatic rings. The lowest BCUT2D eigenvalue weighted by Gasteiger charge is -2.07. The molecule has 0 amide bonds. The number of nitrogens with zero attached hydrogens (tertiary/aromatic N) is 2. The first-order valence-corrected chi connectivity index (χ1v) is 7.43. The fourth-order valence-electron chi connectivity index (χ4n) is 1.86. The van der Waals surface area contributed by atoms with E-state index < -0.39 is 0 Å². The molecule has 1 heterocycles. The third kappa shape index (κ3) is 3.28. The average Bonchev–Trinajstić information content (AvgIpc) is 2.75. The van der Waals surface area contributed by atoms with E-state index in [2.05, 4.69) is 16.1 Å². The van der Waals surface area contributed by atoms with Crippen molar-refractivity contribution in [1.82, 2.24) is 0 Å². The Kier molecular flexibility index (Phi) is 4.60. The normalized spacial score (nSPS) is 20.1. The topological polar surface area (TPSA) is 51.0 Å². The van der Waals surface area contributed by atoms with E-state index in [0.29, 0.717) is 11.8 Å². The van der Waals surface area contributed by atoms with E-state index in [1.54, 1.807) is 6.92 Å². The predicted octanol–water partition coefficient (Wildman–Crippen LogP) is 3.43. The Morgan fingerprint density at radius 1 is 1.40 bits per heavy atom. The van der Waals surface area contributed by atoms with Gasteiger partial charge in [0.05, 0.1) is 12.3 Å². The van der Waals surface area contributed by atoms with Gasteiger partial charge in [-0.2, -0.15) is 0 Å². The van der Waals surface area contributed by atoms with Gasteiger partial charge in [-0.25, -0.2) is 9.98 Å². The first-order chi connectivity index (χ1) is 9.51. The molecule has 20 heavy (non-hydrogen) atoms. The molecular formula is C15H18N2O2S. The van der Waals surface area contributed by atoms with Gasteiger partial charge in [-0.1, -0.05) is 23.9 Å². The van der Waals surface area contributed by atoms with E-state index in [1.165, 1.54) is 11.8 Å². The summed E-state index contributed by atoms with van der Waals surface area (Å²) in [5.74, 6) is -0.245. The maximum Gasteiger partial charge on any atom is 0.325 e. The molecule has 0 fully saturated rings. The summed E-state index contributed by atoms with van der Waals surface area (Å²) < 4.78 is 5.04. The minimum Gasteiger partial charge on any atom is -0.465 e. The number of thioether (sulfide) groups is 1. The molecule has 1 aromatic carbocycles. The van der Waals surface area contributed by atoms with Crippen LogP contribution in [0.4, 0.5) is 5.69 Å². The van der Waals surface area contributed by atoms with Crippen LogP contribution in [0.15, 0.2) is 28.2 Å². The summed E-state index contributed by atoms with van der Waals surface area (Å²) in [5, 5.41) is 0.257. The second-order valence-corrected chi connectivity index (χ2v) is 5.76. The Balaban J connectivity index is 2.22. The van der Waals surface area contributed by atoms with Crippen molar-refractivity contribution in [2.75, 3.05) is 6.61 Å². The highest BCUT2D eigenvalue weighted by molar-refractivity contribution is 8.16. The Morgan fingerprint density at radius 2 is 2.15 bits per heavy atom. The second-order valence-electron chi connectivity index (χ2n) is 4.69. The van der Waals surface area contributed by atoms with Gasteiger partial charge in [-0.05, 0) is 44.9 Å². The number of hydrogen-bond acceptors (Lipinski definition) is 4. The van der Waals surface area contributed by atoms with Gasteiger partial charge < -0.3 is 4.74 Å². The largest absolute Gasteiger partial charge is 0.465 e. The summed E-state index contributed by atoms with van der Waals surface area (Å²) in [7, 11) is 0. The Morgan fingerprint density at radius 3 is 2.85 bits per heavy atom. The highest BCUT2D eigenvalue weighted by Gasteiger charge is 2.31. The standard InChI is InChI=1S/C15H18N2O2S/c1-5-19-14(18)13-11(4)16-15(20-13)17-12-8-9(2)6-7-10(12)3/h6-8,13H,5H2,1-4H3/t13-/m1/s1. The molecule has 0 N–H and O–H groups in total. The Bertz CT molecular complexity index is 594. The fourth-order valence-corrected chi connectivity index (χ4v) is 2.80. The van der Waals surface area contributed by atoms with Gasteiger partial charge in [0.1, 0.15) is 5.25 Å². The molecule has 0 bridgehead atoms. The molecule has 1 atom stereocenters. The number of benzene rings is 1. The number of ether oxygens (including phenoxy) is 1. The van der Waals surface area contributed by atoms with Crippen molar-refractivity contribution < 1.29 is 9.53 Å². The van der Waals surface area contributed by atoms with E-state index in [4.69, 9.17) is 4.74 Å². The van der Waals surface area contributed by atoms with Gasteiger partial charge in [0.15, 0.2) is 5.17 Å². The van der Waals surface area contributed by atoms with Crippen molar-refractivity contribution in [3.05, 3.63) is 29.3 Å². The molecular weight excluding hydrogens is 272 g/mol. The van der Waals surface area contributed by atoms with Crippen LogP contribution in [0.1, 0.15) is 25.0 Å². The minimum absolute atomic E-state index is 0.245. The monoisotopic (exact) mass is 290 g/mol. The van der Waals surface area contributed by atoms with Gasteiger partial charge in [-0.3, -0.25) is 4.79 Å². The number of amidine groups is 1. The number of rotatable bonds is 3. The zero-order valence-corrected chi connectivity index (χ0v) is 13.0. The zero-order chi connectivity index (χ0) is 14.7. The molecule has 0 radical (unpaired) electrons. The number of hydrogen-bond donors (Lipinski definition) is 0. The summed E-state index contributed by atoms with van der Waals surface area (Å²) in [4.78, 5) is 20.7. The van der Waals surface area contributed by atoms with E-state index >= 15 is 0 Å².